The molecule has 1 aromatic rings. The Morgan fingerprint density at radius 1 is 1.35 bits per heavy atom. The number of nitrogens with zero attached hydrogens (tertiary/aromatic N) is 4. The van der Waals surface area contributed by atoms with Gasteiger partial charge in [0, 0.05) is 31.8 Å². The van der Waals surface area contributed by atoms with Crippen molar-refractivity contribution >= 4 is 10.0 Å². The van der Waals surface area contributed by atoms with Gasteiger partial charge in [0.1, 0.15) is 0 Å². The standard InChI is InChI=1S/C12H20N4O3S/c17-20(18,16-4-1-2-5-16)8-6-15-9-12(13-14-15)11-3-7-19-10-11/h9,11H,1-8,10H2/t11-/m1/s1. The number of rotatable bonds is 5. The number of hydrogen-bond acceptors (Lipinski definition) is 5. The molecule has 20 heavy (non-hydrogen) atoms. The fourth-order valence-corrected chi connectivity index (χ4v) is 4.17. The average Bonchev–Trinajstić information content (AvgIpc) is 3.16. The minimum atomic E-state index is -3.15. The van der Waals surface area contributed by atoms with Crippen LogP contribution in [0.3, 0.4) is 0 Å². The van der Waals surface area contributed by atoms with Gasteiger partial charge in [-0.05, 0) is 19.3 Å². The number of aromatic nitrogens is 3. The van der Waals surface area contributed by atoms with Crippen LogP contribution in [-0.2, 0) is 21.3 Å². The monoisotopic (exact) mass is 300 g/mol. The van der Waals surface area contributed by atoms with E-state index >= 15 is 0 Å². The number of aryl methyl sites for hydroxylation is 1. The molecule has 3 rings (SSSR count). The van der Waals surface area contributed by atoms with Crippen LogP contribution in [-0.4, -0.2) is 59.8 Å². The summed E-state index contributed by atoms with van der Waals surface area (Å²) >= 11 is 0. The van der Waals surface area contributed by atoms with Gasteiger partial charge in [0.25, 0.3) is 0 Å². The van der Waals surface area contributed by atoms with Crippen molar-refractivity contribution in [3.05, 3.63) is 11.9 Å². The summed E-state index contributed by atoms with van der Waals surface area (Å²) in [5.74, 6) is 0.399. The quantitative estimate of drug-likeness (QED) is 0.777. The molecule has 0 spiro atoms. The van der Waals surface area contributed by atoms with Gasteiger partial charge in [-0.1, -0.05) is 5.21 Å². The summed E-state index contributed by atoms with van der Waals surface area (Å²) in [5, 5.41) is 8.14. The third-order valence-electron chi connectivity index (χ3n) is 3.94. The third-order valence-corrected chi connectivity index (χ3v) is 5.79. The minimum absolute atomic E-state index is 0.0942. The SMILES string of the molecule is O=S(=O)(CCn1cc([C@@H]2CCOC2)nn1)N1CCCC1. The van der Waals surface area contributed by atoms with Crippen molar-refractivity contribution in [1.29, 1.82) is 0 Å². The van der Waals surface area contributed by atoms with Gasteiger partial charge in [0.05, 0.1) is 24.6 Å². The molecule has 3 heterocycles. The van der Waals surface area contributed by atoms with E-state index in [0.29, 0.717) is 32.2 Å². The lowest BCUT2D eigenvalue weighted by atomic mass is 10.1. The Morgan fingerprint density at radius 2 is 2.15 bits per heavy atom. The van der Waals surface area contributed by atoms with Gasteiger partial charge in [-0.3, -0.25) is 4.68 Å². The topological polar surface area (TPSA) is 77.3 Å². The van der Waals surface area contributed by atoms with E-state index in [4.69, 9.17) is 4.74 Å². The van der Waals surface area contributed by atoms with E-state index < -0.39 is 10.0 Å². The van der Waals surface area contributed by atoms with E-state index in [1.807, 2.05) is 6.20 Å². The van der Waals surface area contributed by atoms with E-state index in [0.717, 1.165) is 31.6 Å². The third kappa shape index (κ3) is 3.02. The van der Waals surface area contributed by atoms with Gasteiger partial charge in [0.15, 0.2) is 0 Å². The molecular formula is C12H20N4O3S. The van der Waals surface area contributed by atoms with Crippen LogP contribution < -0.4 is 0 Å². The molecule has 2 saturated heterocycles. The molecule has 0 aromatic carbocycles. The molecule has 2 aliphatic rings. The second-order valence-electron chi connectivity index (χ2n) is 5.39. The molecular weight excluding hydrogens is 280 g/mol. The van der Waals surface area contributed by atoms with E-state index in [2.05, 4.69) is 10.3 Å². The molecule has 1 aromatic heterocycles. The van der Waals surface area contributed by atoms with Crippen molar-refractivity contribution in [3.8, 4) is 0 Å². The Balaban J connectivity index is 1.58. The van der Waals surface area contributed by atoms with Crippen LogP contribution in [0.4, 0.5) is 0 Å². The van der Waals surface area contributed by atoms with Crippen LogP contribution in [0.1, 0.15) is 30.9 Å². The molecule has 2 fully saturated rings. The normalized spacial score (nSPS) is 24.5. The fourth-order valence-electron chi connectivity index (χ4n) is 2.68. The Hall–Kier alpha value is -0.990. The van der Waals surface area contributed by atoms with E-state index in [9.17, 15) is 8.42 Å². The summed E-state index contributed by atoms with van der Waals surface area (Å²) in [6.45, 7) is 3.12. The van der Waals surface area contributed by atoms with E-state index in [1.165, 1.54) is 0 Å². The largest absolute Gasteiger partial charge is 0.381 e. The zero-order chi connectivity index (χ0) is 14.0. The molecule has 0 amide bonds. The van der Waals surface area contributed by atoms with Crippen LogP contribution in [0.5, 0.6) is 0 Å². The Kier molecular flexibility index (Phi) is 4.04. The predicted molar refractivity (Wildman–Crippen MR) is 72.8 cm³/mol. The van der Waals surface area contributed by atoms with Crippen molar-refractivity contribution in [2.24, 2.45) is 0 Å². The molecule has 0 saturated carbocycles. The van der Waals surface area contributed by atoms with Crippen molar-refractivity contribution < 1.29 is 13.2 Å². The Bertz CT molecular complexity index is 545. The van der Waals surface area contributed by atoms with Gasteiger partial charge in [-0.25, -0.2) is 12.7 Å². The summed E-state index contributed by atoms with van der Waals surface area (Å²) < 4.78 is 32.8. The molecule has 7 nitrogen and oxygen atoms in total. The lowest BCUT2D eigenvalue weighted by Gasteiger charge is -2.14. The van der Waals surface area contributed by atoms with Gasteiger partial charge in [-0.2, -0.15) is 0 Å². The first-order valence-electron chi connectivity index (χ1n) is 7.11. The first-order chi connectivity index (χ1) is 9.65. The highest BCUT2D eigenvalue weighted by Gasteiger charge is 2.25. The Morgan fingerprint density at radius 3 is 2.85 bits per heavy atom. The number of ether oxygens (including phenoxy) is 1. The molecule has 8 heteroatoms. The highest BCUT2D eigenvalue weighted by molar-refractivity contribution is 7.89. The molecule has 0 N–H and O–H groups in total. The summed E-state index contributed by atoms with van der Waals surface area (Å²) in [6.07, 6.45) is 4.74. The molecule has 0 aliphatic carbocycles. The first kappa shape index (κ1) is 14.0. The van der Waals surface area contributed by atoms with Crippen LogP contribution >= 0.6 is 0 Å². The van der Waals surface area contributed by atoms with Crippen LogP contribution in [0.2, 0.25) is 0 Å². The van der Waals surface area contributed by atoms with Gasteiger partial charge in [-0.15, -0.1) is 5.10 Å². The van der Waals surface area contributed by atoms with Gasteiger partial charge in [0.2, 0.25) is 10.0 Å². The van der Waals surface area contributed by atoms with Crippen molar-refractivity contribution in [3.63, 3.8) is 0 Å². The highest BCUT2D eigenvalue weighted by atomic mass is 32.2. The summed E-state index contributed by atoms with van der Waals surface area (Å²) in [5.41, 5.74) is 0.904. The number of hydrogen-bond donors (Lipinski definition) is 0. The highest BCUT2D eigenvalue weighted by Crippen LogP contribution is 2.22. The maximum absolute atomic E-state index is 12.1. The second-order valence-corrected chi connectivity index (χ2v) is 7.48. The first-order valence-corrected chi connectivity index (χ1v) is 8.72. The zero-order valence-electron chi connectivity index (χ0n) is 11.4. The second kappa shape index (κ2) is 5.79. The minimum Gasteiger partial charge on any atom is -0.381 e. The lowest BCUT2D eigenvalue weighted by Crippen LogP contribution is -2.31. The van der Waals surface area contributed by atoms with Crippen LogP contribution in [0.25, 0.3) is 0 Å². The molecule has 0 bridgehead atoms. The zero-order valence-corrected chi connectivity index (χ0v) is 12.3. The molecule has 1 atom stereocenters. The summed E-state index contributed by atoms with van der Waals surface area (Å²) in [6, 6.07) is 0. The predicted octanol–water partition coefficient (Wildman–Crippen LogP) is 0.208. The lowest BCUT2D eigenvalue weighted by molar-refractivity contribution is 0.193. The maximum atomic E-state index is 12.1. The summed E-state index contributed by atoms with van der Waals surface area (Å²) in [7, 11) is -3.15. The molecule has 0 radical (unpaired) electrons. The van der Waals surface area contributed by atoms with Crippen LogP contribution in [0, 0.1) is 0 Å². The number of sulfonamides is 1. The molecule has 0 unspecified atom stereocenters. The average molecular weight is 300 g/mol. The van der Waals surface area contributed by atoms with Gasteiger partial charge >= 0.3 is 0 Å². The van der Waals surface area contributed by atoms with E-state index in [-0.39, 0.29) is 5.75 Å². The van der Waals surface area contributed by atoms with Crippen LogP contribution in [0.15, 0.2) is 6.20 Å². The molecule has 112 valence electrons. The maximum Gasteiger partial charge on any atom is 0.215 e. The fraction of sp³-hybridized carbons (Fsp3) is 0.833. The summed E-state index contributed by atoms with van der Waals surface area (Å²) in [4.78, 5) is 0. The van der Waals surface area contributed by atoms with Crippen molar-refractivity contribution in [2.45, 2.75) is 31.7 Å². The Labute approximate surface area is 118 Å². The van der Waals surface area contributed by atoms with Gasteiger partial charge < -0.3 is 4.74 Å². The molecule has 2 aliphatic heterocycles. The van der Waals surface area contributed by atoms with Crippen molar-refractivity contribution in [1.82, 2.24) is 19.3 Å². The smallest absolute Gasteiger partial charge is 0.215 e. The van der Waals surface area contributed by atoms with E-state index in [1.54, 1.807) is 8.99 Å². The van der Waals surface area contributed by atoms with Crippen molar-refractivity contribution in [2.75, 3.05) is 32.1 Å².